The van der Waals surface area contributed by atoms with Crippen molar-refractivity contribution in [2.75, 3.05) is 13.7 Å². The Morgan fingerprint density at radius 2 is 2.27 bits per heavy atom. The third kappa shape index (κ3) is 2.94. The van der Waals surface area contributed by atoms with E-state index in [0.717, 1.165) is 19.4 Å². The SMILES string of the molecule is C#CC(CC)NC1CC(OCC)C1OC. The van der Waals surface area contributed by atoms with Crippen LogP contribution in [0.1, 0.15) is 26.7 Å². The molecule has 0 aromatic rings. The smallest absolute Gasteiger partial charge is 0.0987 e. The highest BCUT2D eigenvalue weighted by molar-refractivity contribution is 5.05. The Hall–Kier alpha value is -0.560. The minimum atomic E-state index is 0.146. The highest BCUT2D eigenvalue weighted by atomic mass is 16.5. The van der Waals surface area contributed by atoms with Crippen LogP contribution in [0.15, 0.2) is 0 Å². The molecular weight excluding hydrogens is 190 g/mol. The first-order valence-electron chi connectivity index (χ1n) is 5.63. The first kappa shape index (κ1) is 12.5. The lowest BCUT2D eigenvalue weighted by Crippen LogP contribution is -2.61. The molecular formula is C12H21NO2. The Balaban J connectivity index is 2.36. The fraction of sp³-hybridized carbons (Fsp3) is 0.833. The van der Waals surface area contributed by atoms with Crippen LogP contribution in [-0.4, -0.2) is 38.0 Å². The fourth-order valence-electron chi connectivity index (χ4n) is 1.98. The summed E-state index contributed by atoms with van der Waals surface area (Å²) in [7, 11) is 1.72. The van der Waals surface area contributed by atoms with Gasteiger partial charge in [0.15, 0.2) is 0 Å². The topological polar surface area (TPSA) is 30.5 Å². The zero-order valence-electron chi connectivity index (χ0n) is 9.82. The number of methoxy groups -OCH3 is 1. The van der Waals surface area contributed by atoms with E-state index in [1.54, 1.807) is 7.11 Å². The lowest BCUT2D eigenvalue weighted by Gasteiger charge is -2.44. The lowest BCUT2D eigenvalue weighted by atomic mass is 9.84. The minimum Gasteiger partial charge on any atom is -0.377 e. The second kappa shape index (κ2) is 6.12. The van der Waals surface area contributed by atoms with Crippen LogP contribution in [0, 0.1) is 12.3 Å². The summed E-state index contributed by atoms with van der Waals surface area (Å²) in [5.41, 5.74) is 0. The number of ether oxygens (including phenoxy) is 2. The van der Waals surface area contributed by atoms with Crippen LogP contribution >= 0.6 is 0 Å². The molecule has 0 aliphatic heterocycles. The van der Waals surface area contributed by atoms with E-state index in [1.165, 1.54) is 0 Å². The molecule has 1 fully saturated rings. The van der Waals surface area contributed by atoms with Gasteiger partial charge >= 0.3 is 0 Å². The van der Waals surface area contributed by atoms with Crippen LogP contribution < -0.4 is 5.32 Å². The summed E-state index contributed by atoms with van der Waals surface area (Å²) in [6.07, 6.45) is 7.72. The standard InChI is InChI=1S/C12H21NO2/c1-5-9(6-2)13-10-8-11(15-7-3)12(10)14-4/h1,9-13H,6-8H2,2-4H3. The molecule has 4 unspecified atom stereocenters. The summed E-state index contributed by atoms with van der Waals surface area (Å²) in [6.45, 7) is 4.82. The predicted octanol–water partition coefficient (Wildman–Crippen LogP) is 1.18. The molecule has 15 heavy (non-hydrogen) atoms. The molecule has 86 valence electrons. The highest BCUT2D eigenvalue weighted by Crippen LogP contribution is 2.27. The molecule has 4 atom stereocenters. The van der Waals surface area contributed by atoms with Crippen LogP contribution in [0.5, 0.6) is 0 Å². The molecule has 3 heteroatoms. The van der Waals surface area contributed by atoms with Gasteiger partial charge in [0.1, 0.15) is 0 Å². The zero-order chi connectivity index (χ0) is 11.3. The van der Waals surface area contributed by atoms with Gasteiger partial charge in [-0.05, 0) is 19.8 Å². The maximum atomic E-state index is 5.54. The van der Waals surface area contributed by atoms with Crippen LogP contribution in [0.4, 0.5) is 0 Å². The number of hydrogen-bond acceptors (Lipinski definition) is 3. The van der Waals surface area contributed by atoms with Crippen molar-refractivity contribution in [2.45, 2.75) is 51.0 Å². The van der Waals surface area contributed by atoms with E-state index >= 15 is 0 Å². The minimum absolute atomic E-state index is 0.146. The van der Waals surface area contributed by atoms with Crippen molar-refractivity contribution >= 4 is 0 Å². The van der Waals surface area contributed by atoms with Crippen molar-refractivity contribution < 1.29 is 9.47 Å². The number of nitrogens with one attached hydrogen (secondary N) is 1. The van der Waals surface area contributed by atoms with Crippen LogP contribution in [0.25, 0.3) is 0 Å². The molecule has 0 aromatic heterocycles. The van der Waals surface area contributed by atoms with Crippen molar-refractivity contribution in [3.05, 3.63) is 0 Å². The van der Waals surface area contributed by atoms with Gasteiger partial charge in [0, 0.05) is 19.8 Å². The summed E-state index contributed by atoms with van der Waals surface area (Å²) in [5, 5.41) is 3.40. The van der Waals surface area contributed by atoms with Gasteiger partial charge in [-0.25, -0.2) is 0 Å². The summed E-state index contributed by atoms with van der Waals surface area (Å²) >= 11 is 0. The van der Waals surface area contributed by atoms with Crippen LogP contribution in [-0.2, 0) is 9.47 Å². The Labute approximate surface area is 92.5 Å². The Morgan fingerprint density at radius 3 is 2.73 bits per heavy atom. The van der Waals surface area contributed by atoms with Crippen molar-refractivity contribution in [1.82, 2.24) is 5.32 Å². The van der Waals surface area contributed by atoms with Crippen LogP contribution in [0.2, 0.25) is 0 Å². The second-order valence-electron chi connectivity index (χ2n) is 3.83. The Kier molecular flexibility index (Phi) is 5.10. The normalized spacial score (nSPS) is 31.7. The number of terminal acetylenes is 1. The molecule has 0 heterocycles. The van der Waals surface area contributed by atoms with E-state index in [0.29, 0.717) is 6.04 Å². The molecule has 1 aliphatic rings. The molecule has 0 bridgehead atoms. The quantitative estimate of drug-likeness (QED) is 0.669. The number of rotatable bonds is 6. The van der Waals surface area contributed by atoms with E-state index in [2.05, 4.69) is 18.2 Å². The van der Waals surface area contributed by atoms with Gasteiger partial charge in [-0.1, -0.05) is 12.8 Å². The predicted molar refractivity (Wildman–Crippen MR) is 60.7 cm³/mol. The fourth-order valence-corrected chi connectivity index (χ4v) is 1.98. The van der Waals surface area contributed by atoms with E-state index in [4.69, 9.17) is 15.9 Å². The average Bonchev–Trinajstić information content (AvgIpc) is 2.23. The van der Waals surface area contributed by atoms with E-state index < -0.39 is 0 Å². The molecule has 0 aromatic carbocycles. The molecule has 0 amide bonds. The molecule has 1 saturated carbocycles. The zero-order valence-corrected chi connectivity index (χ0v) is 9.82. The highest BCUT2D eigenvalue weighted by Gasteiger charge is 2.42. The van der Waals surface area contributed by atoms with E-state index in [-0.39, 0.29) is 18.2 Å². The molecule has 3 nitrogen and oxygen atoms in total. The van der Waals surface area contributed by atoms with E-state index in [9.17, 15) is 0 Å². The van der Waals surface area contributed by atoms with Gasteiger partial charge in [0.05, 0.1) is 18.2 Å². The van der Waals surface area contributed by atoms with Crippen molar-refractivity contribution in [1.29, 1.82) is 0 Å². The Bertz CT molecular complexity index is 224. The maximum absolute atomic E-state index is 5.54. The molecule has 1 rings (SSSR count). The van der Waals surface area contributed by atoms with Gasteiger partial charge in [0.2, 0.25) is 0 Å². The molecule has 0 saturated heterocycles. The largest absolute Gasteiger partial charge is 0.377 e. The van der Waals surface area contributed by atoms with Crippen molar-refractivity contribution in [3.63, 3.8) is 0 Å². The lowest BCUT2D eigenvalue weighted by molar-refractivity contribution is -0.132. The maximum Gasteiger partial charge on any atom is 0.0987 e. The second-order valence-corrected chi connectivity index (χ2v) is 3.83. The third-order valence-corrected chi connectivity index (χ3v) is 2.93. The Morgan fingerprint density at radius 1 is 1.53 bits per heavy atom. The summed E-state index contributed by atoms with van der Waals surface area (Å²) < 4.78 is 10.9. The first-order valence-corrected chi connectivity index (χ1v) is 5.63. The van der Waals surface area contributed by atoms with Gasteiger partial charge in [0.25, 0.3) is 0 Å². The number of hydrogen-bond donors (Lipinski definition) is 1. The van der Waals surface area contributed by atoms with Gasteiger partial charge in [-0.2, -0.15) is 0 Å². The van der Waals surface area contributed by atoms with Gasteiger partial charge in [-0.15, -0.1) is 6.42 Å². The van der Waals surface area contributed by atoms with Gasteiger partial charge in [-0.3, -0.25) is 5.32 Å². The first-order chi connectivity index (χ1) is 7.26. The molecule has 0 radical (unpaired) electrons. The van der Waals surface area contributed by atoms with Crippen molar-refractivity contribution in [2.24, 2.45) is 0 Å². The van der Waals surface area contributed by atoms with Crippen molar-refractivity contribution in [3.8, 4) is 12.3 Å². The molecule has 1 aliphatic carbocycles. The van der Waals surface area contributed by atoms with Crippen LogP contribution in [0.3, 0.4) is 0 Å². The third-order valence-electron chi connectivity index (χ3n) is 2.93. The summed E-state index contributed by atoms with van der Waals surface area (Å²) in [5.74, 6) is 2.73. The average molecular weight is 211 g/mol. The summed E-state index contributed by atoms with van der Waals surface area (Å²) in [6, 6.07) is 0.489. The van der Waals surface area contributed by atoms with Gasteiger partial charge < -0.3 is 9.47 Å². The summed E-state index contributed by atoms with van der Waals surface area (Å²) in [4.78, 5) is 0. The molecule has 1 N–H and O–H groups in total. The monoisotopic (exact) mass is 211 g/mol. The van der Waals surface area contributed by atoms with E-state index in [1.807, 2.05) is 6.92 Å². The molecule has 0 spiro atoms.